The summed E-state index contributed by atoms with van der Waals surface area (Å²) in [4.78, 5) is 18.0. The summed E-state index contributed by atoms with van der Waals surface area (Å²) >= 11 is 0. The van der Waals surface area contributed by atoms with E-state index in [2.05, 4.69) is 34.9 Å². The second-order valence-electron chi connectivity index (χ2n) is 9.81. The fourth-order valence-corrected chi connectivity index (χ4v) is 6.22. The third kappa shape index (κ3) is 6.35. The molecule has 42 heavy (non-hydrogen) atoms. The predicted octanol–water partition coefficient (Wildman–Crippen LogP) is 0.906. The van der Waals surface area contributed by atoms with Crippen LogP contribution in [0.1, 0.15) is 32.2 Å². The smallest absolute Gasteiger partial charge is 0.245 e. The van der Waals surface area contributed by atoms with E-state index in [1.54, 1.807) is 4.90 Å². The van der Waals surface area contributed by atoms with Gasteiger partial charge >= 0.3 is 0 Å². The molecule has 2 fully saturated rings. The standard InChI is InChI=1S/C24H32FN9O7S/c1-14(2)41-16-7-17(11-33(10-16)23-26-8-15(25)9-27-23)42(35,36)32-24-31-30-20(18-12-39-5-6-40-18)34(24)19-21(37-3)28-13-29-22(19)38-4/h8-9,13-14,16-18H,5-7,10-12H2,1-4H3,(H,31,32)/t16-,17?,18+/m1/s1. The van der Waals surface area contributed by atoms with E-state index in [0.29, 0.717) is 19.8 Å². The average Bonchev–Trinajstić information content (AvgIpc) is 3.39. The van der Waals surface area contributed by atoms with Gasteiger partial charge in [0.25, 0.3) is 0 Å². The van der Waals surface area contributed by atoms with E-state index >= 15 is 0 Å². The summed E-state index contributed by atoms with van der Waals surface area (Å²) in [6, 6.07) is 0. The van der Waals surface area contributed by atoms with Gasteiger partial charge in [-0.3, -0.25) is 9.29 Å². The maximum atomic E-state index is 14.0. The first-order valence-corrected chi connectivity index (χ1v) is 14.7. The number of halogens is 1. The molecule has 5 heterocycles. The van der Waals surface area contributed by atoms with E-state index in [0.717, 1.165) is 12.4 Å². The normalized spacial score (nSPS) is 21.4. The first kappa shape index (κ1) is 29.7. The number of sulfonamides is 1. The summed E-state index contributed by atoms with van der Waals surface area (Å²) in [5.74, 6) is -0.184. The van der Waals surface area contributed by atoms with Gasteiger partial charge in [0.05, 0.1) is 58.6 Å². The van der Waals surface area contributed by atoms with Gasteiger partial charge in [0.1, 0.15) is 17.7 Å². The number of anilines is 2. The SMILES string of the molecule is COc1ncnc(OC)c1-n1c(NS(=O)(=O)C2C[C@@H](OC(C)C)CN(c3ncc(F)cn3)C2)nnc1[C@@H]1COCCO1. The van der Waals surface area contributed by atoms with Crippen LogP contribution in [0.4, 0.5) is 16.3 Å². The van der Waals surface area contributed by atoms with Crippen LogP contribution in [0.25, 0.3) is 5.69 Å². The number of hydrogen-bond donors (Lipinski definition) is 1. The maximum Gasteiger partial charge on any atom is 0.245 e. The zero-order valence-electron chi connectivity index (χ0n) is 23.5. The molecule has 0 aromatic carbocycles. The molecule has 0 saturated carbocycles. The minimum atomic E-state index is -4.16. The van der Waals surface area contributed by atoms with Crippen LogP contribution in [0.3, 0.4) is 0 Å². The highest BCUT2D eigenvalue weighted by atomic mass is 32.2. The number of methoxy groups -OCH3 is 2. The van der Waals surface area contributed by atoms with Crippen molar-refractivity contribution in [1.82, 2.24) is 34.7 Å². The molecule has 1 unspecified atom stereocenters. The minimum Gasteiger partial charge on any atom is -0.479 e. The molecule has 16 nitrogen and oxygen atoms in total. The third-order valence-corrected chi connectivity index (χ3v) is 8.24. The van der Waals surface area contributed by atoms with E-state index in [4.69, 9.17) is 23.7 Å². The Bertz CT molecular complexity index is 1450. The van der Waals surface area contributed by atoms with Gasteiger partial charge < -0.3 is 28.6 Å². The van der Waals surface area contributed by atoms with E-state index < -0.39 is 33.3 Å². The Labute approximate surface area is 241 Å². The number of nitrogens with zero attached hydrogens (tertiary/aromatic N) is 8. The first-order valence-electron chi connectivity index (χ1n) is 13.2. The van der Waals surface area contributed by atoms with Gasteiger partial charge in [-0.2, -0.15) is 9.97 Å². The molecule has 0 radical (unpaired) electrons. The lowest BCUT2D eigenvalue weighted by Gasteiger charge is -2.37. The predicted molar refractivity (Wildman–Crippen MR) is 145 cm³/mol. The number of aromatic nitrogens is 7. The molecule has 2 saturated heterocycles. The molecule has 1 N–H and O–H groups in total. The van der Waals surface area contributed by atoms with Crippen molar-refractivity contribution in [2.45, 2.75) is 43.8 Å². The minimum absolute atomic E-state index is 0.0145. The number of nitrogens with one attached hydrogen (secondary N) is 1. The van der Waals surface area contributed by atoms with E-state index in [-0.39, 0.29) is 60.8 Å². The molecular formula is C24H32FN9O7S. The highest BCUT2D eigenvalue weighted by molar-refractivity contribution is 7.93. The molecule has 18 heteroatoms. The van der Waals surface area contributed by atoms with Crippen LogP contribution in [0.15, 0.2) is 18.7 Å². The second kappa shape index (κ2) is 12.6. The van der Waals surface area contributed by atoms with E-state index in [1.807, 2.05) is 13.8 Å². The van der Waals surface area contributed by atoms with E-state index in [1.165, 1.54) is 25.1 Å². The Morgan fingerprint density at radius 3 is 2.38 bits per heavy atom. The summed E-state index contributed by atoms with van der Waals surface area (Å²) in [5.41, 5.74) is 0.167. The fourth-order valence-electron chi connectivity index (χ4n) is 4.83. The summed E-state index contributed by atoms with van der Waals surface area (Å²) in [6.07, 6.45) is 2.16. The Morgan fingerprint density at radius 2 is 1.76 bits per heavy atom. The van der Waals surface area contributed by atoms with Crippen LogP contribution in [-0.2, 0) is 24.2 Å². The topological polar surface area (TPSA) is 178 Å². The van der Waals surface area contributed by atoms with Gasteiger partial charge in [0.2, 0.25) is 33.7 Å². The quantitative estimate of drug-likeness (QED) is 0.343. The maximum absolute atomic E-state index is 14.0. The summed E-state index contributed by atoms with van der Waals surface area (Å²) < 4.78 is 73.7. The monoisotopic (exact) mass is 609 g/mol. The molecular weight excluding hydrogens is 577 g/mol. The van der Waals surface area contributed by atoms with Crippen molar-refractivity contribution in [2.75, 3.05) is 56.8 Å². The highest BCUT2D eigenvalue weighted by Crippen LogP contribution is 2.35. The van der Waals surface area contributed by atoms with Crippen molar-refractivity contribution in [3.05, 3.63) is 30.4 Å². The van der Waals surface area contributed by atoms with Crippen LogP contribution in [-0.4, -0.2) is 108 Å². The van der Waals surface area contributed by atoms with Crippen LogP contribution >= 0.6 is 0 Å². The molecule has 2 aliphatic heterocycles. The molecule has 0 aliphatic carbocycles. The van der Waals surface area contributed by atoms with Crippen molar-refractivity contribution >= 4 is 21.9 Å². The summed E-state index contributed by atoms with van der Waals surface area (Å²) in [7, 11) is -1.35. The molecule has 5 rings (SSSR count). The largest absolute Gasteiger partial charge is 0.479 e. The molecule has 0 bridgehead atoms. The number of ether oxygens (including phenoxy) is 5. The Hall–Kier alpha value is -3.74. The zero-order chi connectivity index (χ0) is 29.9. The van der Waals surface area contributed by atoms with Crippen molar-refractivity contribution < 1.29 is 36.5 Å². The first-order chi connectivity index (χ1) is 20.2. The van der Waals surface area contributed by atoms with Gasteiger partial charge in [-0.15, -0.1) is 10.2 Å². The summed E-state index contributed by atoms with van der Waals surface area (Å²) in [5, 5.41) is 7.41. The Morgan fingerprint density at radius 1 is 1.05 bits per heavy atom. The Balaban J connectivity index is 1.53. The summed E-state index contributed by atoms with van der Waals surface area (Å²) in [6.45, 7) is 4.93. The molecule has 2 aliphatic rings. The van der Waals surface area contributed by atoms with Crippen molar-refractivity contribution in [3.63, 3.8) is 0 Å². The molecule has 3 aromatic rings. The zero-order valence-corrected chi connectivity index (χ0v) is 24.3. The van der Waals surface area contributed by atoms with Gasteiger partial charge in [0.15, 0.2) is 17.3 Å². The van der Waals surface area contributed by atoms with Crippen LogP contribution < -0.4 is 19.1 Å². The number of rotatable bonds is 10. The second-order valence-corrected chi connectivity index (χ2v) is 11.8. The van der Waals surface area contributed by atoms with Crippen LogP contribution in [0.5, 0.6) is 11.8 Å². The van der Waals surface area contributed by atoms with Gasteiger partial charge in [-0.1, -0.05) is 0 Å². The lowest BCUT2D eigenvalue weighted by atomic mass is 10.1. The van der Waals surface area contributed by atoms with Crippen LogP contribution in [0.2, 0.25) is 0 Å². The van der Waals surface area contributed by atoms with Gasteiger partial charge in [-0.25, -0.2) is 22.8 Å². The third-order valence-electron chi connectivity index (χ3n) is 6.56. The van der Waals surface area contributed by atoms with Crippen molar-refractivity contribution in [1.29, 1.82) is 0 Å². The van der Waals surface area contributed by atoms with Gasteiger partial charge in [0, 0.05) is 13.1 Å². The number of hydrogen-bond acceptors (Lipinski definition) is 14. The van der Waals surface area contributed by atoms with Crippen molar-refractivity contribution in [2.24, 2.45) is 0 Å². The molecule has 0 spiro atoms. The molecule has 3 atom stereocenters. The molecule has 3 aromatic heterocycles. The molecule has 0 amide bonds. The highest BCUT2D eigenvalue weighted by Gasteiger charge is 2.39. The lowest BCUT2D eigenvalue weighted by molar-refractivity contribution is -0.0941. The van der Waals surface area contributed by atoms with E-state index in [9.17, 15) is 12.8 Å². The number of piperidine rings is 1. The van der Waals surface area contributed by atoms with Crippen LogP contribution in [0, 0.1) is 5.82 Å². The van der Waals surface area contributed by atoms with Crippen molar-refractivity contribution in [3.8, 4) is 17.4 Å². The lowest BCUT2D eigenvalue weighted by Crippen LogP contribution is -2.51. The fraction of sp³-hybridized carbons (Fsp3) is 0.583. The Kier molecular flexibility index (Phi) is 8.95. The average molecular weight is 610 g/mol. The van der Waals surface area contributed by atoms with Gasteiger partial charge in [-0.05, 0) is 20.3 Å². The molecule has 228 valence electrons.